The summed E-state index contributed by atoms with van der Waals surface area (Å²) in [6, 6.07) is 0. The fraction of sp³-hybridized carbons (Fsp3) is 0.462. The number of carbonyl (C=O) groups excluding carboxylic acids is 1. The summed E-state index contributed by atoms with van der Waals surface area (Å²) in [5.74, 6) is 1.47. The van der Waals surface area contributed by atoms with Gasteiger partial charge in [0.25, 0.3) is 5.82 Å². The van der Waals surface area contributed by atoms with Gasteiger partial charge in [-0.25, -0.2) is 24.4 Å². The van der Waals surface area contributed by atoms with Crippen LogP contribution in [0.25, 0.3) is 5.82 Å². The number of aromatic nitrogens is 5. The average molecular weight is 290 g/mol. The van der Waals surface area contributed by atoms with Crippen molar-refractivity contribution in [2.75, 3.05) is 19.0 Å². The summed E-state index contributed by atoms with van der Waals surface area (Å²) in [5.41, 5.74) is 0.843. The minimum Gasteiger partial charge on any atom is -0.463 e. The van der Waals surface area contributed by atoms with Crippen LogP contribution in [0.3, 0.4) is 0 Å². The fourth-order valence-electron chi connectivity index (χ4n) is 1.82. The van der Waals surface area contributed by atoms with Crippen molar-refractivity contribution < 1.29 is 9.53 Å². The molecule has 21 heavy (non-hydrogen) atoms. The molecule has 0 aliphatic rings. The Morgan fingerprint density at radius 1 is 1.38 bits per heavy atom. The van der Waals surface area contributed by atoms with Crippen molar-refractivity contribution in [2.45, 2.75) is 27.2 Å². The predicted molar refractivity (Wildman–Crippen MR) is 76.6 cm³/mol. The van der Waals surface area contributed by atoms with E-state index < -0.39 is 5.97 Å². The molecule has 0 saturated heterocycles. The van der Waals surface area contributed by atoms with E-state index in [-0.39, 0.29) is 5.82 Å². The van der Waals surface area contributed by atoms with Crippen molar-refractivity contribution in [3.05, 3.63) is 23.5 Å². The van der Waals surface area contributed by atoms with E-state index in [1.165, 1.54) is 18.1 Å². The van der Waals surface area contributed by atoms with Gasteiger partial charge in [-0.1, -0.05) is 6.92 Å². The third kappa shape index (κ3) is 2.99. The van der Waals surface area contributed by atoms with Gasteiger partial charge in [-0.2, -0.15) is 0 Å². The third-order valence-electron chi connectivity index (χ3n) is 2.90. The van der Waals surface area contributed by atoms with Gasteiger partial charge in [0.05, 0.1) is 7.11 Å². The molecule has 2 rings (SSSR count). The highest BCUT2D eigenvalue weighted by atomic mass is 16.5. The Morgan fingerprint density at radius 2 is 2.14 bits per heavy atom. The first kappa shape index (κ1) is 14.9. The summed E-state index contributed by atoms with van der Waals surface area (Å²) >= 11 is 0. The zero-order valence-electron chi connectivity index (χ0n) is 12.5. The van der Waals surface area contributed by atoms with Gasteiger partial charge in [0.15, 0.2) is 5.82 Å². The van der Waals surface area contributed by atoms with Crippen LogP contribution < -0.4 is 5.32 Å². The molecule has 2 aromatic heterocycles. The summed E-state index contributed by atoms with van der Waals surface area (Å²) in [4.78, 5) is 24.3. The highest BCUT2D eigenvalue weighted by molar-refractivity contribution is 5.84. The van der Waals surface area contributed by atoms with Gasteiger partial charge < -0.3 is 10.1 Å². The van der Waals surface area contributed by atoms with Crippen molar-refractivity contribution in [3.63, 3.8) is 0 Å². The van der Waals surface area contributed by atoms with E-state index in [2.05, 4.69) is 30.1 Å². The van der Waals surface area contributed by atoms with E-state index in [1.54, 1.807) is 0 Å². The Morgan fingerprint density at radius 3 is 2.76 bits per heavy atom. The second-order valence-electron chi connectivity index (χ2n) is 4.33. The fourth-order valence-corrected chi connectivity index (χ4v) is 1.82. The van der Waals surface area contributed by atoms with E-state index in [4.69, 9.17) is 0 Å². The first-order valence-corrected chi connectivity index (χ1v) is 6.72. The van der Waals surface area contributed by atoms with E-state index in [0.29, 0.717) is 18.1 Å². The van der Waals surface area contributed by atoms with Crippen LogP contribution in [0, 0.1) is 6.92 Å². The van der Waals surface area contributed by atoms with Gasteiger partial charge in [0.1, 0.15) is 18.0 Å². The lowest BCUT2D eigenvalue weighted by Gasteiger charge is -2.12. The first-order valence-electron chi connectivity index (χ1n) is 6.72. The standard InChI is InChI=1S/C13H18N6O2/c1-5-9-16-10(14-6-2)8(3)12(17-9)19-7-15-11(18-19)13(20)21-4/h7H,5-6H2,1-4H3,(H,14,16,17). The molecule has 2 heterocycles. The molecule has 1 N–H and O–H groups in total. The topological polar surface area (TPSA) is 94.8 Å². The Labute approximate surface area is 122 Å². The van der Waals surface area contributed by atoms with Gasteiger partial charge in [-0.3, -0.25) is 0 Å². The number of ether oxygens (including phenoxy) is 1. The quantitative estimate of drug-likeness (QED) is 0.825. The normalized spacial score (nSPS) is 10.5. The summed E-state index contributed by atoms with van der Waals surface area (Å²) in [6.45, 7) is 6.63. The molecule has 0 aromatic carbocycles. The number of methoxy groups -OCH3 is 1. The van der Waals surface area contributed by atoms with Gasteiger partial charge in [-0.05, 0) is 13.8 Å². The van der Waals surface area contributed by atoms with Gasteiger partial charge in [0, 0.05) is 18.5 Å². The molecule has 0 saturated carbocycles. The number of carbonyl (C=O) groups is 1. The maximum atomic E-state index is 11.4. The number of esters is 1. The smallest absolute Gasteiger partial charge is 0.377 e. The lowest BCUT2D eigenvalue weighted by Crippen LogP contribution is -2.12. The number of anilines is 1. The molecule has 8 nitrogen and oxygen atoms in total. The highest BCUT2D eigenvalue weighted by Gasteiger charge is 2.16. The molecule has 0 bridgehead atoms. The van der Waals surface area contributed by atoms with Crippen LogP contribution in [0.15, 0.2) is 6.33 Å². The molecular formula is C13H18N6O2. The summed E-state index contributed by atoms with van der Waals surface area (Å²) < 4.78 is 6.06. The number of nitrogens with zero attached hydrogens (tertiary/aromatic N) is 5. The van der Waals surface area contributed by atoms with Gasteiger partial charge in [0.2, 0.25) is 0 Å². The van der Waals surface area contributed by atoms with Crippen LogP contribution in [0.2, 0.25) is 0 Å². The van der Waals surface area contributed by atoms with Crippen LogP contribution in [0.5, 0.6) is 0 Å². The number of nitrogens with one attached hydrogen (secondary N) is 1. The molecule has 0 fully saturated rings. The number of hydrogen-bond acceptors (Lipinski definition) is 7. The van der Waals surface area contributed by atoms with Crippen molar-refractivity contribution in [1.29, 1.82) is 0 Å². The SMILES string of the molecule is CCNc1nc(CC)nc(-n2cnc(C(=O)OC)n2)c1C. The highest BCUT2D eigenvalue weighted by Crippen LogP contribution is 2.18. The third-order valence-corrected chi connectivity index (χ3v) is 2.90. The molecule has 0 radical (unpaired) electrons. The maximum absolute atomic E-state index is 11.4. The Kier molecular flexibility index (Phi) is 4.46. The first-order chi connectivity index (χ1) is 10.1. The number of aryl methyl sites for hydroxylation is 1. The Hall–Kier alpha value is -2.51. The average Bonchev–Trinajstić information content (AvgIpc) is 2.98. The van der Waals surface area contributed by atoms with Crippen molar-refractivity contribution in [1.82, 2.24) is 24.7 Å². The molecule has 0 atom stereocenters. The van der Waals surface area contributed by atoms with Crippen molar-refractivity contribution in [3.8, 4) is 5.82 Å². The Balaban J connectivity index is 2.49. The van der Waals surface area contributed by atoms with Crippen LogP contribution in [0.4, 0.5) is 5.82 Å². The van der Waals surface area contributed by atoms with Gasteiger partial charge >= 0.3 is 5.97 Å². The van der Waals surface area contributed by atoms with Crippen LogP contribution in [-0.2, 0) is 11.2 Å². The minimum absolute atomic E-state index is 0.00133. The lowest BCUT2D eigenvalue weighted by molar-refractivity contribution is 0.0587. The second kappa shape index (κ2) is 6.29. The largest absolute Gasteiger partial charge is 0.463 e. The molecule has 2 aromatic rings. The van der Waals surface area contributed by atoms with E-state index in [9.17, 15) is 4.79 Å². The van der Waals surface area contributed by atoms with E-state index in [1.807, 2.05) is 20.8 Å². The zero-order chi connectivity index (χ0) is 15.4. The van der Waals surface area contributed by atoms with Crippen LogP contribution >= 0.6 is 0 Å². The summed E-state index contributed by atoms with van der Waals surface area (Å²) in [7, 11) is 1.29. The molecule has 0 unspecified atom stereocenters. The van der Waals surface area contributed by atoms with Crippen molar-refractivity contribution in [2.24, 2.45) is 0 Å². The van der Waals surface area contributed by atoms with E-state index >= 15 is 0 Å². The summed E-state index contributed by atoms with van der Waals surface area (Å²) in [6.07, 6.45) is 2.14. The number of rotatable bonds is 5. The molecule has 0 aliphatic carbocycles. The van der Waals surface area contributed by atoms with E-state index in [0.717, 1.165) is 17.9 Å². The minimum atomic E-state index is -0.580. The second-order valence-corrected chi connectivity index (χ2v) is 4.33. The molecule has 0 spiro atoms. The molecular weight excluding hydrogens is 272 g/mol. The molecule has 112 valence electrons. The predicted octanol–water partition coefficient (Wildman–Crippen LogP) is 1.15. The molecule has 0 aliphatic heterocycles. The monoisotopic (exact) mass is 290 g/mol. The summed E-state index contributed by atoms with van der Waals surface area (Å²) in [5, 5.41) is 7.30. The van der Waals surface area contributed by atoms with Crippen LogP contribution in [0.1, 0.15) is 35.9 Å². The Bertz CT molecular complexity index is 652. The number of hydrogen-bond donors (Lipinski definition) is 1. The maximum Gasteiger partial charge on any atom is 0.377 e. The van der Waals surface area contributed by atoms with Gasteiger partial charge in [-0.15, -0.1) is 5.10 Å². The zero-order valence-corrected chi connectivity index (χ0v) is 12.5. The molecule has 0 amide bonds. The lowest BCUT2D eigenvalue weighted by atomic mass is 10.3. The van der Waals surface area contributed by atoms with Crippen LogP contribution in [-0.4, -0.2) is 44.4 Å². The van der Waals surface area contributed by atoms with Crippen molar-refractivity contribution >= 4 is 11.8 Å². The molecule has 8 heteroatoms.